The first-order valence-electron chi connectivity index (χ1n) is 10.2. The third-order valence-electron chi connectivity index (χ3n) is 6.00. The highest BCUT2D eigenvalue weighted by Gasteiger charge is 2.37. The van der Waals surface area contributed by atoms with Crippen LogP contribution in [0, 0.1) is 0 Å². The Bertz CT molecular complexity index is 1100. The lowest BCUT2D eigenvalue weighted by Gasteiger charge is -2.32. The first kappa shape index (κ1) is 18.6. The van der Waals surface area contributed by atoms with E-state index in [2.05, 4.69) is 23.7 Å². The van der Waals surface area contributed by atoms with E-state index in [1.54, 1.807) is 0 Å². The fraction of sp³-hybridized carbons (Fsp3) is 0.391. The number of thiophene rings is 1. The van der Waals surface area contributed by atoms with Crippen molar-refractivity contribution in [3.05, 3.63) is 51.9 Å². The van der Waals surface area contributed by atoms with Crippen molar-refractivity contribution in [3.8, 4) is 0 Å². The molecule has 3 aromatic rings. The van der Waals surface area contributed by atoms with Crippen molar-refractivity contribution in [2.75, 3.05) is 23.7 Å². The zero-order chi connectivity index (χ0) is 20.2. The number of aromatic nitrogens is 1. The van der Waals surface area contributed by atoms with Crippen LogP contribution in [0.2, 0.25) is 0 Å². The number of carbonyl (C=O) groups is 1. The summed E-state index contributed by atoms with van der Waals surface area (Å²) in [5, 5.41) is 1.00. The van der Waals surface area contributed by atoms with Crippen LogP contribution in [0.15, 0.2) is 30.3 Å². The third-order valence-corrected chi connectivity index (χ3v) is 7.12. The average molecular weight is 409 g/mol. The molecule has 1 aromatic carbocycles. The SMILES string of the molecule is CC1(C)Cc2c(c(N3CCCC3)[nH+]c3sc(C(=O)c4ccccc4)c(N)c23)CO1. The van der Waals surface area contributed by atoms with Crippen molar-refractivity contribution in [2.24, 2.45) is 0 Å². The van der Waals surface area contributed by atoms with Crippen molar-refractivity contribution in [2.45, 2.75) is 45.3 Å². The number of H-pyrrole nitrogens is 1. The van der Waals surface area contributed by atoms with Crippen LogP contribution in [-0.2, 0) is 17.8 Å². The number of carbonyl (C=O) groups excluding carboxylic acids is 1. The van der Waals surface area contributed by atoms with E-state index >= 15 is 0 Å². The maximum absolute atomic E-state index is 13.2. The quantitative estimate of drug-likeness (QED) is 0.666. The molecular weight excluding hydrogens is 382 g/mol. The number of benzene rings is 1. The first-order valence-corrected chi connectivity index (χ1v) is 11.0. The van der Waals surface area contributed by atoms with Crippen molar-refractivity contribution < 1.29 is 14.5 Å². The predicted molar refractivity (Wildman–Crippen MR) is 117 cm³/mol. The molecular formula is C23H26N3O2S+. The normalized spacial score (nSPS) is 18.2. The predicted octanol–water partition coefficient (Wildman–Crippen LogP) is 3.98. The maximum Gasteiger partial charge on any atom is 0.281 e. The van der Waals surface area contributed by atoms with Gasteiger partial charge in [0.1, 0.15) is 4.88 Å². The van der Waals surface area contributed by atoms with Gasteiger partial charge in [-0.15, -0.1) is 0 Å². The summed E-state index contributed by atoms with van der Waals surface area (Å²) in [5.41, 5.74) is 10.1. The number of rotatable bonds is 3. The van der Waals surface area contributed by atoms with Crippen LogP contribution in [0.1, 0.15) is 53.1 Å². The summed E-state index contributed by atoms with van der Waals surface area (Å²) in [4.78, 5) is 20.8. The topological polar surface area (TPSA) is 69.7 Å². The Morgan fingerprint density at radius 2 is 1.90 bits per heavy atom. The number of nitrogens with one attached hydrogen (secondary N) is 1. The van der Waals surface area contributed by atoms with E-state index in [4.69, 9.17) is 10.5 Å². The second kappa shape index (κ2) is 6.82. The molecule has 0 radical (unpaired) electrons. The Labute approximate surface area is 174 Å². The molecule has 0 spiro atoms. The number of hydrogen-bond acceptors (Lipinski definition) is 5. The lowest BCUT2D eigenvalue weighted by molar-refractivity contribution is -0.328. The van der Waals surface area contributed by atoms with E-state index in [9.17, 15) is 4.79 Å². The molecule has 2 aliphatic rings. The van der Waals surface area contributed by atoms with Gasteiger partial charge in [-0.2, -0.15) is 0 Å². The highest BCUT2D eigenvalue weighted by Crippen LogP contribution is 2.42. The van der Waals surface area contributed by atoms with Crippen molar-refractivity contribution in [3.63, 3.8) is 0 Å². The van der Waals surface area contributed by atoms with Gasteiger partial charge in [0.05, 0.1) is 41.9 Å². The minimum atomic E-state index is -0.248. The van der Waals surface area contributed by atoms with Gasteiger partial charge in [0, 0.05) is 12.0 Å². The molecule has 150 valence electrons. The molecule has 0 amide bonds. The molecule has 0 saturated carbocycles. The molecule has 3 N–H and O–H groups in total. The van der Waals surface area contributed by atoms with E-state index in [0.717, 1.165) is 35.5 Å². The summed E-state index contributed by atoms with van der Waals surface area (Å²) in [7, 11) is 0. The zero-order valence-corrected chi connectivity index (χ0v) is 17.7. The number of hydrogen-bond donors (Lipinski definition) is 1. The summed E-state index contributed by atoms with van der Waals surface area (Å²) < 4.78 is 6.15. The van der Waals surface area contributed by atoms with E-state index in [-0.39, 0.29) is 11.4 Å². The van der Waals surface area contributed by atoms with Gasteiger partial charge >= 0.3 is 0 Å². The number of nitrogens with two attached hydrogens (primary N) is 1. The Hall–Kier alpha value is -2.44. The Morgan fingerprint density at radius 3 is 2.62 bits per heavy atom. The minimum Gasteiger partial charge on any atom is -0.397 e. The van der Waals surface area contributed by atoms with E-state index in [0.29, 0.717) is 22.7 Å². The first-order chi connectivity index (χ1) is 13.9. The molecule has 0 aliphatic carbocycles. The largest absolute Gasteiger partial charge is 0.397 e. The monoisotopic (exact) mass is 408 g/mol. The molecule has 0 bridgehead atoms. The highest BCUT2D eigenvalue weighted by molar-refractivity contribution is 7.21. The molecule has 1 saturated heterocycles. The van der Waals surface area contributed by atoms with Crippen LogP contribution >= 0.6 is 11.3 Å². The highest BCUT2D eigenvalue weighted by atomic mass is 32.1. The molecule has 2 aromatic heterocycles. The number of ketones is 1. The van der Waals surface area contributed by atoms with E-state index < -0.39 is 0 Å². The molecule has 5 rings (SSSR count). The van der Waals surface area contributed by atoms with Crippen molar-refractivity contribution >= 4 is 38.8 Å². The van der Waals surface area contributed by atoms with Crippen LogP contribution in [0.3, 0.4) is 0 Å². The molecule has 29 heavy (non-hydrogen) atoms. The number of aromatic amines is 1. The van der Waals surface area contributed by atoms with Crippen LogP contribution in [-0.4, -0.2) is 24.5 Å². The summed E-state index contributed by atoms with van der Waals surface area (Å²) in [6, 6.07) is 9.38. The standard InChI is InChI=1S/C23H25N3O2S/c1-23(2)12-15-16(13-28-23)21(26-10-6-7-11-26)25-22-17(15)18(24)20(29-22)19(27)14-8-4-3-5-9-14/h3-5,8-9H,6-7,10-13,24H2,1-2H3/p+1. The Morgan fingerprint density at radius 1 is 1.17 bits per heavy atom. The Balaban J connectivity index is 1.72. The molecule has 6 heteroatoms. The number of nitrogen functional groups attached to an aromatic ring is 1. The van der Waals surface area contributed by atoms with E-state index in [1.165, 1.54) is 35.3 Å². The van der Waals surface area contributed by atoms with E-state index in [1.807, 2.05) is 30.3 Å². The van der Waals surface area contributed by atoms with Gasteiger partial charge in [0.15, 0.2) is 4.83 Å². The summed E-state index contributed by atoms with van der Waals surface area (Å²) >= 11 is 1.48. The number of pyridine rings is 1. The average Bonchev–Trinajstić information content (AvgIpc) is 3.35. The third kappa shape index (κ3) is 3.11. The summed E-state index contributed by atoms with van der Waals surface area (Å²) in [6.07, 6.45) is 3.20. The van der Waals surface area contributed by atoms with Gasteiger partial charge in [-0.25, -0.2) is 4.98 Å². The van der Waals surface area contributed by atoms with Crippen LogP contribution < -0.4 is 15.6 Å². The molecule has 5 nitrogen and oxygen atoms in total. The summed E-state index contributed by atoms with van der Waals surface area (Å²) in [5.74, 6) is 1.13. The summed E-state index contributed by atoms with van der Waals surface area (Å²) in [6.45, 7) is 6.90. The van der Waals surface area contributed by atoms with Crippen molar-refractivity contribution in [1.82, 2.24) is 0 Å². The smallest absolute Gasteiger partial charge is 0.281 e. The number of anilines is 2. The molecule has 0 unspecified atom stereocenters. The zero-order valence-electron chi connectivity index (χ0n) is 16.9. The van der Waals surface area contributed by atoms with Crippen LogP contribution in [0.4, 0.5) is 11.5 Å². The van der Waals surface area contributed by atoms with Gasteiger partial charge in [0.2, 0.25) is 5.78 Å². The van der Waals surface area contributed by atoms with Gasteiger partial charge in [-0.1, -0.05) is 41.7 Å². The number of fused-ring (bicyclic) bond motifs is 3. The number of ether oxygens (including phenoxy) is 1. The lowest BCUT2D eigenvalue weighted by atomic mass is 9.89. The molecule has 0 atom stereocenters. The fourth-order valence-electron chi connectivity index (χ4n) is 4.50. The Kier molecular flexibility index (Phi) is 4.37. The minimum absolute atomic E-state index is 0.0134. The number of nitrogens with zero attached hydrogens (tertiary/aromatic N) is 1. The van der Waals surface area contributed by atoms with Gasteiger partial charge in [0.25, 0.3) is 5.82 Å². The van der Waals surface area contributed by atoms with Crippen molar-refractivity contribution in [1.29, 1.82) is 0 Å². The fourth-order valence-corrected chi connectivity index (χ4v) is 5.61. The van der Waals surface area contributed by atoms with Gasteiger partial charge in [-0.05, 0) is 32.3 Å². The lowest BCUT2D eigenvalue weighted by Crippen LogP contribution is -2.36. The second-order valence-electron chi connectivity index (χ2n) is 8.59. The van der Waals surface area contributed by atoms with Gasteiger partial charge < -0.3 is 10.5 Å². The van der Waals surface area contributed by atoms with Gasteiger partial charge in [-0.3, -0.25) is 9.69 Å². The molecule has 4 heterocycles. The van der Waals surface area contributed by atoms with Crippen LogP contribution in [0.25, 0.3) is 10.2 Å². The van der Waals surface area contributed by atoms with Crippen LogP contribution in [0.5, 0.6) is 0 Å². The molecule has 2 aliphatic heterocycles. The second-order valence-corrected chi connectivity index (χ2v) is 9.61. The maximum atomic E-state index is 13.2. The molecule has 1 fully saturated rings.